The maximum atomic E-state index is 5.49. The molecule has 128 valence electrons. The predicted octanol–water partition coefficient (Wildman–Crippen LogP) is 2.32. The second-order valence-electron chi connectivity index (χ2n) is 6.49. The highest BCUT2D eigenvalue weighted by Gasteiger charge is 2.26. The molecule has 1 saturated heterocycles. The Morgan fingerprint density at radius 2 is 1.75 bits per heavy atom. The SMILES string of the molecule is COc1cc2nc(C3CCC3)nc(N3CCNCC3)c2cc1OC. The van der Waals surface area contributed by atoms with Crippen molar-refractivity contribution in [2.24, 2.45) is 0 Å². The quantitative estimate of drug-likeness (QED) is 0.929. The van der Waals surface area contributed by atoms with E-state index in [0.29, 0.717) is 5.92 Å². The van der Waals surface area contributed by atoms with Crippen molar-refractivity contribution in [3.8, 4) is 11.5 Å². The molecule has 0 unspecified atom stereocenters. The van der Waals surface area contributed by atoms with E-state index in [0.717, 1.165) is 60.2 Å². The molecule has 4 rings (SSSR count). The summed E-state index contributed by atoms with van der Waals surface area (Å²) < 4.78 is 10.9. The average Bonchev–Trinajstić information content (AvgIpc) is 2.59. The van der Waals surface area contributed by atoms with Gasteiger partial charge in [-0.1, -0.05) is 6.42 Å². The summed E-state index contributed by atoms with van der Waals surface area (Å²) in [6.45, 7) is 3.89. The van der Waals surface area contributed by atoms with E-state index in [1.165, 1.54) is 19.3 Å². The van der Waals surface area contributed by atoms with Crippen LogP contribution in [0.15, 0.2) is 12.1 Å². The molecular formula is C18H24N4O2. The first-order valence-corrected chi connectivity index (χ1v) is 8.69. The lowest BCUT2D eigenvalue weighted by Crippen LogP contribution is -2.44. The monoisotopic (exact) mass is 328 g/mol. The Morgan fingerprint density at radius 3 is 2.38 bits per heavy atom. The van der Waals surface area contributed by atoms with Gasteiger partial charge in [-0.15, -0.1) is 0 Å². The van der Waals surface area contributed by atoms with Gasteiger partial charge in [0.2, 0.25) is 0 Å². The molecule has 24 heavy (non-hydrogen) atoms. The summed E-state index contributed by atoms with van der Waals surface area (Å²) in [5.74, 6) is 3.96. The van der Waals surface area contributed by atoms with Crippen molar-refractivity contribution >= 4 is 16.7 Å². The van der Waals surface area contributed by atoms with Crippen LogP contribution in [-0.2, 0) is 0 Å². The van der Waals surface area contributed by atoms with Gasteiger partial charge < -0.3 is 19.7 Å². The van der Waals surface area contributed by atoms with E-state index in [-0.39, 0.29) is 0 Å². The highest BCUT2D eigenvalue weighted by atomic mass is 16.5. The maximum absolute atomic E-state index is 5.49. The zero-order chi connectivity index (χ0) is 16.5. The van der Waals surface area contributed by atoms with E-state index in [2.05, 4.69) is 10.2 Å². The first-order valence-electron chi connectivity index (χ1n) is 8.69. The predicted molar refractivity (Wildman–Crippen MR) is 94.3 cm³/mol. The lowest BCUT2D eigenvalue weighted by atomic mass is 9.85. The van der Waals surface area contributed by atoms with Gasteiger partial charge in [0.1, 0.15) is 11.6 Å². The Bertz CT molecular complexity index is 739. The van der Waals surface area contributed by atoms with E-state index < -0.39 is 0 Å². The van der Waals surface area contributed by atoms with Gasteiger partial charge in [-0.05, 0) is 18.9 Å². The molecule has 1 N–H and O–H groups in total. The van der Waals surface area contributed by atoms with Gasteiger partial charge in [-0.2, -0.15) is 0 Å². The van der Waals surface area contributed by atoms with E-state index in [4.69, 9.17) is 19.4 Å². The molecule has 0 radical (unpaired) electrons. The summed E-state index contributed by atoms with van der Waals surface area (Å²) in [6.07, 6.45) is 3.67. The number of methoxy groups -OCH3 is 2. The normalized spacial score (nSPS) is 18.5. The number of nitrogens with one attached hydrogen (secondary N) is 1. The van der Waals surface area contributed by atoms with Crippen LogP contribution in [0.5, 0.6) is 11.5 Å². The molecule has 1 saturated carbocycles. The average molecular weight is 328 g/mol. The topological polar surface area (TPSA) is 59.5 Å². The van der Waals surface area contributed by atoms with E-state index in [1.807, 2.05) is 12.1 Å². The maximum Gasteiger partial charge on any atom is 0.162 e. The second-order valence-corrected chi connectivity index (χ2v) is 6.49. The Kier molecular flexibility index (Phi) is 4.14. The summed E-state index contributed by atoms with van der Waals surface area (Å²) >= 11 is 0. The molecule has 0 spiro atoms. The van der Waals surface area contributed by atoms with Gasteiger partial charge in [0.05, 0.1) is 19.7 Å². The van der Waals surface area contributed by atoms with Crippen LogP contribution in [0.2, 0.25) is 0 Å². The molecule has 1 aliphatic carbocycles. The molecule has 0 amide bonds. The van der Waals surface area contributed by atoms with Crippen LogP contribution in [-0.4, -0.2) is 50.4 Å². The van der Waals surface area contributed by atoms with E-state index >= 15 is 0 Å². The second kappa shape index (κ2) is 6.43. The summed E-state index contributed by atoms with van der Waals surface area (Å²) in [6, 6.07) is 3.99. The van der Waals surface area contributed by atoms with Crippen LogP contribution < -0.4 is 19.7 Å². The third kappa shape index (κ3) is 2.65. The van der Waals surface area contributed by atoms with Gasteiger partial charge in [-0.3, -0.25) is 0 Å². The van der Waals surface area contributed by atoms with Crippen LogP contribution in [0.25, 0.3) is 10.9 Å². The summed E-state index contributed by atoms with van der Waals surface area (Å²) in [4.78, 5) is 12.2. The Labute approximate surface area is 142 Å². The largest absolute Gasteiger partial charge is 0.493 e. The van der Waals surface area contributed by atoms with Crippen LogP contribution >= 0.6 is 0 Å². The molecule has 1 aromatic carbocycles. The number of nitrogens with zero attached hydrogens (tertiary/aromatic N) is 3. The zero-order valence-corrected chi connectivity index (χ0v) is 14.3. The summed E-state index contributed by atoms with van der Waals surface area (Å²) in [7, 11) is 3.33. The number of piperazine rings is 1. The van der Waals surface area contributed by atoms with Crippen molar-refractivity contribution in [1.29, 1.82) is 0 Å². The van der Waals surface area contributed by atoms with Gasteiger partial charge >= 0.3 is 0 Å². The summed E-state index contributed by atoms with van der Waals surface area (Å²) in [5, 5.41) is 4.44. The van der Waals surface area contributed by atoms with Crippen molar-refractivity contribution in [3.63, 3.8) is 0 Å². The highest BCUT2D eigenvalue weighted by molar-refractivity contribution is 5.92. The number of ether oxygens (including phenoxy) is 2. The molecule has 2 fully saturated rings. The number of aromatic nitrogens is 2. The zero-order valence-electron chi connectivity index (χ0n) is 14.3. The van der Waals surface area contributed by atoms with Gasteiger partial charge in [0, 0.05) is 43.5 Å². The van der Waals surface area contributed by atoms with Crippen molar-refractivity contribution in [2.45, 2.75) is 25.2 Å². The Hall–Kier alpha value is -2.08. The van der Waals surface area contributed by atoms with Gasteiger partial charge in [0.25, 0.3) is 0 Å². The number of fused-ring (bicyclic) bond motifs is 1. The first kappa shape index (κ1) is 15.4. The molecule has 1 aromatic heterocycles. The van der Waals surface area contributed by atoms with Crippen molar-refractivity contribution in [1.82, 2.24) is 15.3 Å². The first-order chi connectivity index (χ1) is 11.8. The standard InChI is InChI=1S/C18H24N4O2/c1-23-15-10-13-14(11-16(15)24-2)20-17(12-4-3-5-12)21-18(13)22-8-6-19-7-9-22/h10-12,19H,3-9H2,1-2H3. The minimum Gasteiger partial charge on any atom is -0.493 e. The van der Waals surface area contributed by atoms with Crippen LogP contribution in [0.1, 0.15) is 31.0 Å². The van der Waals surface area contributed by atoms with Crippen LogP contribution in [0.4, 0.5) is 5.82 Å². The molecule has 6 heteroatoms. The lowest BCUT2D eigenvalue weighted by molar-refractivity contribution is 0.355. The molecule has 2 heterocycles. The number of benzene rings is 1. The number of hydrogen-bond acceptors (Lipinski definition) is 6. The minimum absolute atomic E-state index is 0.504. The van der Waals surface area contributed by atoms with Crippen LogP contribution in [0, 0.1) is 0 Å². The molecule has 2 aliphatic rings. The van der Waals surface area contributed by atoms with Crippen molar-refractivity contribution in [2.75, 3.05) is 45.3 Å². The Morgan fingerprint density at radius 1 is 1.04 bits per heavy atom. The van der Waals surface area contributed by atoms with E-state index in [9.17, 15) is 0 Å². The molecule has 1 aliphatic heterocycles. The van der Waals surface area contributed by atoms with Crippen LogP contribution in [0.3, 0.4) is 0 Å². The fourth-order valence-electron chi connectivity index (χ4n) is 3.42. The molecule has 0 atom stereocenters. The van der Waals surface area contributed by atoms with Crippen molar-refractivity contribution < 1.29 is 9.47 Å². The van der Waals surface area contributed by atoms with E-state index in [1.54, 1.807) is 14.2 Å². The fourth-order valence-corrected chi connectivity index (χ4v) is 3.42. The highest BCUT2D eigenvalue weighted by Crippen LogP contribution is 2.39. The molecule has 0 bridgehead atoms. The fraction of sp³-hybridized carbons (Fsp3) is 0.556. The lowest BCUT2D eigenvalue weighted by Gasteiger charge is -2.31. The Balaban J connectivity index is 1.88. The summed E-state index contributed by atoms with van der Waals surface area (Å²) in [5.41, 5.74) is 0.943. The molecule has 6 nitrogen and oxygen atoms in total. The molecular weight excluding hydrogens is 304 g/mol. The third-order valence-electron chi connectivity index (χ3n) is 5.09. The van der Waals surface area contributed by atoms with Gasteiger partial charge in [-0.25, -0.2) is 9.97 Å². The third-order valence-corrected chi connectivity index (χ3v) is 5.09. The number of rotatable bonds is 4. The van der Waals surface area contributed by atoms with Crippen molar-refractivity contribution in [3.05, 3.63) is 18.0 Å². The minimum atomic E-state index is 0.504. The number of hydrogen-bond donors (Lipinski definition) is 1. The number of anilines is 1. The smallest absolute Gasteiger partial charge is 0.162 e. The molecule has 2 aromatic rings. The van der Waals surface area contributed by atoms with Gasteiger partial charge in [0.15, 0.2) is 11.5 Å².